The second kappa shape index (κ2) is 7.10. The van der Waals surface area contributed by atoms with Gasteiger partial charge in [-0.3, -0.25) is 24.1 Å². The molecular formula is C22H20N2O7S2. The van der Waals surface area contributed by atoms with E-state index in [9.17, 15) is 29.4 Å². The van der Waals surface area contributed by atoms with Gasteiger partial charge in [0.25, 0.3) is 0 Å². The van der Waals surface area contributed by atoms with E-state index in [-0.39, 0.29) is 45.5 Å². The molecule has 2 amide bonds. The third-order valence-electron chi connectivity index (χ3n) is 7.67. The van der Waals surface area contributed by atoms with Crippen LogP contribution in [0.5, 0.6) is 11.5 Å². The number of amides is 2. The molecule has 6 rings (SSSR count). The number of rotatable bonds is 4. The summed E-state index contributed by atoms with van der Waals surface area (Å²) in [5.41, 5.74) is 0.875. The lowest BCUT2D eigenvalue weighted by molar-refractivity contribution is -0.149. The highest BCUT2D eigenvalue weighted by atomic mass is 32.2. The van der Waals surface area contributed by atoms with Crippen LogP contribution in [-0.4, -0.2) is 56.8 Å². The number of likely N-dealkylation sites (tertiary alicyclic amines) is 1. The Morgan fingerprint density at radius 2 is 1.94 bits per heavy atom. The van der Waals surface area contributed by atoms with Crippen molar-refractivity contribution in [3.8, 4) is 11.5 Å². The van der Waals surface area contributed by atoms with Crippen molar-refractivity contribution in [1.29, 1.82) is 0 Å². The fourth-order valence-electron chi connectivity index (χ4n) is 6.63. The van der Waals surface area contributed by atoms with Gasteiger partial charge in [-0.1, -0.05) is 17.4 Å². The van der Waals surface area contributed by atoms with Gasteiger partial charge in [0.1, 0.15) is 6.54 Å². The van der Waals surface area contributed by atoms with Crippen molar-refractivity contribution in [2.45, 2.75) is 22.6 Å². The van der Waals surface area contributed by atoms with Gasteiger partial charge >= 0.3 is 10.8 Å². The number of thiazole rings is 1. The second-order valence-electron chi connectivity index (χ2n) is 9.05. The molecule has 2 bridgehead atoms. The van der Waals surface area contributed by atoms with Crippen molar-refractivity contribution in [1.82, 2.24) is 9.88 Å². The third-order valence-corrected chi connectivity index (χ3v) is 10.3. The number of fused-ring (bicyclic) bond motifs is 9. The Morgan fingerprint density at radius 1 is 1.21 bits per heavy atom. The molecule has 1 aromatic heterocycles. The van der Waals surface area contributed by atoms with E-state index in [0.717, 1.165) is 38.1 Å². The zero-order chi connectivity index (χ0) is 23.2. The number of imide groups is 1. The predicted molar refractivity (Wildman–Crippen MR) is 118 cm³/mol. The topological polar surface area (TPSA) is 137 Å². The normalized spacial score (nSPS) is 33.7. The number of aliphatic carboxylic acids is 1. The number of aromatic amines is 1. The molecular weight excluding hydrogens is 468 g/mol. The molecule has 0 unspecified atom stereocenters. The number of H-pyrrole nitrogens is 1. The minimum atomic E-state index is -1.20. The maximum Gasteiger partial charge on any atom is 0.323 e. The zero-order valence-electron chi connectivity index (χ0n) is 17.4. The number of thioether (sulfide) groups is 1. The average Bonchev–Trinajstić information content (AvgIpc) is 3.49. The fourth-order valence-corrected chi connectivity index (χ4v) is 9.52. The van der Waals surface area contributed by atoms with Crippen molar-refractivity contribution in [3.05, 3.63) is 38.3 Å². The molecule has 2 aliphatic carbocycles. The number of carbonyl (C=O) groups is 3. The van der Waals surface area contributed by atoms with E-state index in [0.29, 0.717) is 5.75 Å². The highest BCUT2D eigenvalue weighted by molar-refractivity contribution is 8.00. The highest BCUT2D eigenvalue weighted by Crippen LogP contribution is 2.68. The molecule has 3 fully saturated rings. The first-order valence-corrected chi connectivity index (χ1v) is 12.3. The summed E-state index contributed by atoms with van der Waals surface area (Å²) in [4.78, 5) is 54.3. The number of methoxy groups -OCH3 is 1. The monoisotopic (exact) mass is 488 g/mol. The minimum absolute atomic E-state index is 0.00372. The van der Waals surface area contributed by atoms with Crippen LogP contribution in [0.4, 0.5) is 0 Å². The summed E-state index contributed by atoms with van der Waals surface area (Å²) in [6.45, 7) is -0.605. The van der Waals surface area contributed by atoms with E-state index in [1.807, 2.05) is 6.07 Å². The fraction of sp³-hybridized carbons (Fsp3) is 0.455. The Kier molecular flexibility index (Phi) is 4.47. The van der Waals surface area contributed by atoms with Gasteiger partial charge in [-0.15, -0.1) is 11.8 Å². The minimum Gasteiger partial charge on any atom is -0.504 e. The molecule has 0 spiro atoms. The number of carboxylic acid groups (broad SMARTS) is 1. The Morgan fingerprint density at radius 3 is 2.64 bits per heavy atom. The lowest BCUT2D eigenvalue weighted by atomic mass is 9.68. The number of ether oxygens (including phenoxy) is 1. The van der Waals surface area contributed by atoms with Crippen molar-refractivity contribution in [2.24, 2.45) is 29.6 Å². The van der Waals surface area contributed by atoms with Crippen LogP contribution in [0.3, 0.4) is 0 Å². The maximum absolute atomic E-state index is 13.2. The molecule has 3 heterocycles. The van der Waals surface area contributed by atoms with Crippen molar-refractivity contribution >= 4 is 40.9 Å². The van der Waals surface area contributed by atoms with Crippen LogP contribution in [0.15, 0.2) is 28.0 Å². The number of benzene rings is 1. The summed E-state index contributed by atoms with van der Waals surface area (Å²) in [6, 6.07) is 5.14. The van der Waals surface area contributed by atoms with Gasteiger partial charge in [0.15, 0.2) is 11.5 Å². The molecule has 2 aliphatic heterocycles. The number of carboxylic acids is 1. The molecule has 2 aromatic rings. The van der Waals surface area contributed by atoms with Crippen LogP contribution in [0.2, 0.25) is 0 Å². The van der Waals surface area contributed by atoms with Gasteiger partial charge in [-0.05, 0) is 41.9 Å². The SMILES string of the molecule is COc1cc([C@@H]2c3sc(=O)[nH]c3S[C@H]3[C@@H]4C[C@H]([C@H]5C(=O)N(CC(=O)O)C(=O)[C@H]45)[C@H]23)ccc1O. The molecule has 2 saturated carbocycles. The molecule has 1 aromatic carbocycles. The first-order chi connectivity index (χ1) is 15.8. The van der Waals surface area contributed by atoms with E-state index in [4.69, 9.17) is 4.74 Å². The summed E-state index contributed by atoms with van der Waals surface area (Å²) >= 11 is 2.71. The van der Waals surface area contributed by atoms with E-state index >= 15 is 0 Å². The van der Waals surface area contributed by atoms with Crippen molar-refractivity contribution in [3.63, 3.8) is 0 Å². The number of nitrogens with zero attached hydrogens (tertiary/aromatic N) is 1. The van der Waals surface area contributed by atoms with Crippen molar-refractivity contribution < 1.29 is 29.3 Å². The molecule has 11 heteroatoms. The van der Waals surface area contributed by atoms with Gasteiger partial charge in [-0.2, -0.15) is 0 Å². The van der Waals surface area contributed by atoms with Gasteiger partial charge in [0, 0.05) is 16.0 Å². The molecule has 0 radical (unpaired) electrons. The molecule has 33 heavy (non-hydrogen) atoms. The zero-order valence-corrected chi connectivity index (χ0v) is 19.0. The van der Waals surface area contributed by atoms with Gasteiger partial charge in [-0.25, -0.2) is 0 Å². The van der Waals surface area contributed by atoms with E-state index in [2.05, 4.69) is 4.98 Å². The summed E-state index contributed by atoms with van der Waals surface area (Å²) < 4.78 is 5.31. The van der Waals surface area contributed by atoms with Crippen LogP contribution >= 0.6 is 23.1 Å². The van der Waals surface area contributed by atoms with Crippen LogP contribution in [-0.2, 0) is 14.4 Å². The smallest absolute Gasteiger partial charge is 0.323 e. The quantitative estimate of drug-likeness (QED) is 0.553. The Labute approximate surface area is 195 Å². The maximum atomic E-state index is 13.2. The summed E-state index contributed by atoms with van der Waals surface area (Å²) in [5, 5.41) is 20.1. The number of hydrogen-bond acceptors (Lipinski definition) is 8. The lowest BCUT2D eigenvalue weighted by Gasteiger charge is -2.43. The van der Waals surface area contributed by atoms with Crippen molar-refractivity contribution in [2.75, 3.05) is 13.7 Å². The van der Waals surface area contributed by atoms with Crippen LogP contribution in [0, 0.1) is 29.6 Å². The number of aromatic nitrogens is 1. The molecule has 4 aliphatic rings. The average molecular weight is 489 g/mol. The van der Waals surface area contributed by atoms with Crippen LogP contribution in [0.25, 0.3) is 0 Å². The second-order valence-corrected chi connectivity index (χ2v) is 11.3. The first-order valence-electron chi connectivity index (χ1n) is 10.6. The first kappa shape index (κ1) is 20.8. The summed E-state index contributed by atoms with van der Waals surface area (Å²) in [6.07, 6.45) is 0.723. The van der Waals surface area contributed by atoms with Crippen LogP contribution in [0.1, 0.15) is 22.8 Å². The number of phenolic OH excluding ortho intramolecular Hbond substituents is 1. The van der Waals surface area contributed by atoms with Crippen LogP contribution < -0.4 is 9.61 Å². The van der Waals surface area contributed by atoms with E-state index < -0.39 is 30.3 Å². The van der Waals surface area contributed by atoms with E-state index in [1.165, 1.54) is 7.11 Å². The largest absolute Gasteiger partial charge is 0.504 e. The number of hydrogen-bond donors (Lipinski definition) is 3. The standard InChI is InChI=1S/C22H20N2O7S2/c1-31-11-4-7(2-3-10(11)25)13-14-8-5-9(17(14)32-19-18(13)33-22(30)23-19)16-15(8)20(28)24(21(16)29)6-12(26)27/h2-4,8-9,13-17,25H,5-6H2,1H3,(H,23,30)(H,26,27)/t8-,9+,13-,14+,15+,16+,17-/m0/s1. The molecule has 3 N–H and O–H groups in total. The van der Waals surface area contributed by atoms with E-state index in [1.54, 1.807) is 23.9 Å². The molecule has 7 atom stereocenters. The van der Waals surface area contributed by atoms with Gasteiger partial charge in [0.05, 0.1) is 24.0 Å². The molecule has 1 saturated heterocycles. The lowest BCUT2D eigenvalue weighted by Crippen LogP contribution is -2.42. The summed E-state index contributed by atoms with van der Waals surface area (Å²) in [7, 11) is 1.47. The van der Waals surface area contributed by atoms with Gasteiger partial charge in [0.2, 0.25) is 11.8 Å². The number of phenols is 1. The highest BCUT2D eigenvalue weighted by Gasteiger charge is 2.69. The third kappa shape index (κ3) is 2.78. The molecule has 9 nitrogen and oxygen atoms in total. The summed E-state index contributed by atoms with van der Waals surface area (Å²) in [5.74, 6) is -3.03. The van der Waals surface area contributed by atoms with Gasteiger partial charge < -0.3 is 19.9 Å². The number of aromatic hydroxyl groups is 1. The number of carbonyl (C=O) groups excluding carboxylic acids is 2. The Hall–Kier alpha value is -2.79. The predicted octanol–water partition coefficient (Wildman–Crippen LogP) is 1.71. The Balaban J connectivity index is 1.46. The number of nitrogens with one attached hydrogen (secondary N) is 1. The Bertz CT molecular complexity index is 1270. The molecule has 172 valence electrons.